The Balaban J connectivity index is 1.76. The van der Waals surface area contributed by atoms with E-state index in [0.717, 1.165) is 5.56 Å². The average molecular weight is 489 g/mol. The number of benzene rings is 2. The molecule has 2 atom stereocenters. The summed E-state index contributed by atoms with van der Waals surface area (Å²) in [6, 6.07) is 11.3. The van der Waals surface area contributed by atoms with Crippen LogP contribution in [0.25, 0.3) is 10.6 Å². The molecular formula is C23H25ClN4O4S. The van der Waals surface area contributed by atoms with Gasteiger partial charge in [-0.25, -0.2) is 0 Å². The van der Waals surface area contributed by atoms with Crippen LogP contribution in [0.2, 0.25) is 5.02 Å². The first-order valence-corrected chi connectivity index (χ1v) is 11.5. The van der Waals surface area contributed by atoms with Crippen LogP contribution in [0.15, 0.2) is 42.5 Å². The molecule has 0 saturated heterocycles. The van der Waals surface area contributed by atoms with Crippen molar-refractivity contribution >= 4 is 39.9 Å². The van der Waals surface area contributed by atoms with Crippen LogP contribution in [-0.4, -0.2) is 42.3 Å². The highest BCUT2D eigenvalue weighted by atomic mass is 35.5. The van der Waals surface area contributed by atoms with E-state index >= 15 is 0 Å². The number of hydrogen-bond acceptors (Lipinski definition) is 7. The van der Waals surface area contributed by atoms with E-state index in [1.165, 1.54) is 25.6 Å². The van der Waals surface area contributed by atoms with Crippen LogP contribution in [-0.2, 0) is 4.79 Å². The zero-order valence-electron chi connectivity index (χ0n) is 18.7. The van der Waals surface area contributed by atoms with E-state index in [1.807, 2.05) is 26.0 Å². The van der Waals surface area contributed by atoms with Crippen molar-refractivity contribution < 1.29 is 19.1 Å². The van der Waals surface area contributed by atoms with Crippen molar-refractivity contribution in [3.63, 3.8) is 0 Å². The number of ether oxygens (including phenoxy) is 2. The molecule has 10 heteroatoms. The van der Waals surface area contributed by atoms with E-state index in [-0.39, 0.29) is 11.8 Å². The highest BCUT2D eigenvalue weighted by Gasteiger charge is 2.27. The van der Waals surface area contributed by atoms with E-state index in [9.17, 15) is 9.59 Å². The van der Waals surface area contributed by atoms with Gasteiger partial charge in [0.1, 0.15) is 22.5 Å². The fourth-order valence-corrected chi connectivity index (χ4v) is 3.99. The Hall–Kier alpha value is -3.17. The van der Waals surface area contributed by atoms with Gasteiger partial charge in [0.15, 0.2) is 0 Å². The van der Waals surface area contributed by atoms with Crippen LogP contribution in [0.5, 0.6) is 11.5 Å². The van der Waals surface area contributed by atoms with Crippen molar-refractivity contribution in [2.75, 3.05) is 19.5 Å². The summed E-state index contributed by atoms with van der Waals surface area (Å²) >= 11 is 7.27. The van der Waals surface area contributed by atoms with Gasteiger partial charge < -0.3 is 14.8 Å². The fraction of sp³-hybridized carbons (Fsp3) is 0.304. The lowest BCUT2D eigenvalue weighted by atomic mass is 9.98. The molecule has 0 aliphatic rings. The van der Waals surface area contributed by atoms with Gasteiger partial charge in [-0.15, -0.1) is 10.2 Å². The van der Waals surface area contributed by atoms with Crippen molar-refractivity contribution in [3.8, 4) is 22.1 Å². The Morgan fingerprint density at radius 3 is 2.39 bits per heavy atom. The second kappa shape index (κ2) is 11.1. The quantitative estimate of drug-likeness (QED) is 0.454. The summed E-state index contributed by atoms with van der Waals surface area (Å²) in [5.74, 6) is 0.0468. The average Bonchev–Trinajstić information content (AvgIpc) is 3.29. The molecule has 3 aromatic rings. The Kier molecular flexibility index (Phi) is 8.24. The van der Waals surface area contributed by atoms with Gasteiger partial charge in [0.25, 0.3) is 5.91 Å². The molecule has 3 rings (SSSR count). The molecule has 0 spiro atoms. The number of carbonyl (C=O) groups excluding carboxylic acids is 2. The molecule has 1 heterocycles. The van der Waals surface area contributed by atoms with Crippen LogP contribution in [0, 0.1) is 5.92 Å². The summed E-state index contributed by atoms with van der Waals surface area (Å²) in [5.41, 5.74) is 1.13. The zero-order valence-corrected chi connectivity index (χ0v) is 20.3. The molecule has 0 fully saturated rings. The highest BCUT2D eigenvalue weighted by molar-refractivity contribution is 7.18. The molecular weight excluding hydrogens is 464 g/mol. The van der Waals surface area contributed by atoms with Crippen LogP contribution < -0.4 is 20.1 Å². The lowest BCUT2D eigenvalue weighted by Gasteiger charge is -2.23. The molecule has 0 radical (unpaired) electrons. The minimum atomic E-state index is -0.779. The highest BCUT2D eigenvalue weighted by Crippen LogP contribution is 2.28. The number of amides is 2. The lowest BCUT2D eigenvalue weighted by molar-refractivity contribution is -0.119. The lowest BCUT2D eigenvalue weighted by Crippen LogP contribution is -2.47. The normalized spacial score (nSPS) is 12.5. The number of aromatic nitrogens is 2. The number of rotatable bonds is 9. The maximum Gasteiger partial charge on any atom is 0.252 e. The van der Waals surface area contributed by atoms with Crippen LogP contribution in [0.3, 0.4) is 0 Å². The van der Waals surface area contributed by atoms with E-state index in [4.69, 9.17) is 21.1 Å². The smallest absolute Gasteiger partial charge is 0.252 e. The van der Waals surface area contributed by atoms with Gasteiger partial charge >= 0.3 is 0 Å². The first-order chi connectivity index (χ1) is 15.8. The van der Waals surface area contributed by atoms with Gasteiger partial charge in [-0.05, 0) is 30.2 Å². The van der Waals surface area contributed by atoms with E-state index in [0.29, 0.717) is 38.6 Å². The van der Waals surface area contributed by atoms with E-state index in [2.05, 4.69) is 20.8 Å². The molecule has 174 valence electrons. The predicted octanol–water partition coefficient (Wildman–Crippen LogP) is 4.66. The number of nitrogens with zero attached hydrogens (tertiary/aromatic N) is 2. The van der Waals surface area contributed by atoms with Crippen molar-refractivity contribution in [1.29, 1.82) is 0 Å². The summed E-state index contributed by atoms with van der Waals surface area (Å²) in [6.07, 6.45) is 0.684. The monoisotopic (exact) mass is 488 g/mol. The summed E-state index contributed by atoms with van der Waals surface area (Å²) in [4.78, 5) is 26.0. The summed E-state index contributed by atoms with van der Waals surface area (Å²) < 4.78 is 10.5. The summed E-state index contributed by atoms with van der Waals surface area (Å²) in [5, 5.41) is 15.3. The van der Waals surface area contributed by atoms with Crippen LogP contribution >= 0.6 is 22.9 Å². The van der Waals surface area contributed by atoms with Gasteiger partial charge in [0.05, 0.1) is 14.2 Å². The van der Waals surface area contributed by atoms with Gasteiger partial charge in [0.2, 0.25) is 11.0 Å². The number of nitrogens with one attached hydrogen (secondary N) is 2. The van der Waals surface area contributed by atoms with Gasteiger partial charge in [0, 0.05) is 22.2 Å². The summed E-state index contributed by atoms with van der Waals surface area (Å²) in [7, 11) is 3.01. The Bertz CT molecular complexity index is 1110. The van der Waals surface area contributed by atoms with Crippen LogP contribution in [0.4, 0.5) is 5.13 Å². The Morgan fingerprint density at radius 2 is 1.79 bits per heavy atom. The molecule has 0 bridgehead atoms. The van der Waals surface area contributed by atoms with Gasteiger partial charge in [-0.2, -0.15) is 0 Å². The first kappa shape index (κ1) is 24.5. The number of anilines is 1. The molecule has 33 heavy (non-hydrogen) atoms. The standard InChI is InChI=1S/C23H25ClN4O4S/c1-5-13(2)19(25-20(29)15-10-17(31-3)12-18(11-15)32-4)21(30)26-23-28-27-22(33-23)14-7-6-8-16(24)9-14/h6-13,19H,5H2,1-4H3,(H,25,29)(H,26,28,30). The van der Waals surface area contributed by atoms with Gasteiger partial charge in [-0.3, -0.25) is 14.9 Å². The Labute approximate surface area is 201 Å². The third kappa shape index (κ3) is 6.21. The third-order valence-corrected chi connectivity index (χ3v) is 6.25. The SMILES string of the molecule is CCC(C)C(NC(=O)c1cc(OC)cc(OC)c1)C(=O)Nc1nnc(-c2cccc(Cl)c2)s1. The zero-order chi connectivity index (χ0) is 24.0. The van der Waals surface area contributed by atoms with Crippen molar-refractivity contribution in [1.82, 2.24) is 15.5 Å². The molecule has 0 aliphatic heterocycles. The third-order valence-electron chi connectivity index (χ3n) is 5.12. The maximum absolute atomic E-state index is 13.1. The molecule has 1 aromatic heterocycles. The molecule has 0 saturated carbocycles. The van der Waals surface area contributed by atoms with Crippen molar-refractivity contribution in [2.45, 2.75) is 26.3 Å². The molecule has 2 N–H and O–H groups in total. The molecule has 0 aliphatic carbocycles. The maximum atomic E-state index is 13.1. The molecule has 2 unspecified atom stereocenters. The number of methoxy groups -OCH3 is 2. The molecule has 2 amide bonds. The topological polar surface area (TPSA) is 102 Å². The number of carbonyl (C=O) groups is 2. The minimum Gasteiger partial charge on any atom is -0.497 e. The largest absolute Gasteiger partial charge is 0.497 e. The Morgan fingerprint density at radius 1 is 1.09 bits per heavy atom. The second-order valence-corrected chi connectivity index (χ2v) is 8.76. The van der Waals surface area contributed by atoms with E-state index < -0.39 is 11.9 Å². The summed E-state index contributed by atoms with van der Waals surface area (Å²) in [6.45, 7) is 3.85. The van der Waals surface area contributed by atoms with Crippen molar-refractivity contribution in [3.05, 3.63) is 53.1 Å². The van der Waals surface area contributed by atoms with Gasteiger partial charge in [-0.1, -0.05) is 55.3 Å². The minimum absolute atomic E-state index is 0.123. The number of hydrogen-bond donors (Lipinski definition) is 2. The van der Waals surface area contributed by atoms with Crippen LogP contribution in [0.1, 0.15) is 30.6 Å². The first-order valence-electron chi connectivity index (χ1n) is 10.3. The molecule has 2 aromatic carbocycles. The second-order valence-electron chi connectivity index (χ2n) is 7.35. The fourth-order valence-electron chi connectivity index (χ4n) is 3.06. The van der Waals surface area contributed by atoms with Crippen molar-refractivity contribution in [2.24, 2.45) is 5.92 Å². The number of halogens is 1. The molecule has 8 nitrogen and oxygen atoms in total. The predicted molar refractivity (Wildman–Crippen MR) is 129 cm³/mol. The van der Waals surface area contributed by atoms with E-state index in [1.54, 1.807) is 30.3 Å².